The Balaban J connectivity index is 1.87. The summed E-state index contributed by atoms with van der Waals surface area (Å²) in [6.07, 6.45) is 3.30. The number of fused-ring (bicyclic) bond motifs is 1. The SMILES string of the molecule is CCCC(NS(=O)(=O)CCC1Cc2ccccc2C1)C(=O)O. The lowest BCUT2D eigenvalue weighted by Gasteiger charge is -2.15. The summed E-state index contributed by atoms with van der Waals surface area (Å²) in [5, 5.41) is 9.04. The first kappa shape index (κ1) is 17.0. The predicted octanol–water partition coefficient (Wildman–Crippen LogP) is 1.96. The molecule has 1 aliphatic carbocycles. The first-order valence-corrected chi connectivity index (χ1v) is 9.36. The van der Waals surface area contributed by atoms with Gasteiger partial charge in [0.05, 0.1) is 5.75 Å². The second kappa shape index (κ2) is 7.24. The standard InChI is InChI=1S/C16H23NO4S/c1-2-5-15(16(18)19)17-22(20,21)9-8-12-10-13-6-3-4-7-14(13)11-12/h3-4,6-7,12,15,17H,2,5,8-11H2,1H3,(H,18,19). The Labute approximate surface area is 131 Å². The van der Waals surface area contributed by atoms with Gasteiger partial charge in [0.25, 0.3) is 0 Å². The van der Waals surface area contributed by atoms with E-state index in [1.165, 1.54) is 11.1 Å². The third-order valence-electron chi connectivity index (χ3n) is 4.13. The smallest absolute Gasteiger partial charge is 0.321 e. The highest BCUT2D eigenvalue weighted by Crippen LogP contribution is 2.28. The van der Waals surface area contributed by atoms with E-state index in [2.05, 4.69) is 16.9 Å². The number of nitrogens with one attached hydrogen (secondary N) is 1. The second-order valence-corrected chi connectivity index (χ2v) is 7.82. The van der Waals surface area contributed by atoms with Crippen molar-refractivity contribution in [2.24, 2.45) is 5.92 Å². The molecular formula is C16H23NO4S. The first-order valence-electron chi connectivity index (χ1n) is 7.71. The zero-order chi connectivity index (χ0) is 16.2. The van der Waals surface area contributed by atoms with Crippen molar-refractivity contribution in [3.63, 3.8) is 0 Å². The molecule has 0 aromatic heterocycles. The molecule has 0 fully saturated rings. The number of carboxylic acid groups (broad SMARTS) is 1. The molecule has 1 aromatic rings. The van der Waals surface area contributed by atoms with E-state index in [9.17, 15) is 13.2 Å². The molecular weight excluding hydrogens is 302 g/mol. The summed E-state index contributed by atoms with van der Waals surface area (Å²) in [5.74, 6) is -0.804. The van der Waals surface area contributed by atoms with Crippen LogP contribution >= 0.6 is 0 Å². The van der Waals surface area contributed by atoms with Gasteiger partial charge in [-0.2, -0.15) is 0 Å². The summed E-state index contributed by atoms with van der Waals surface area (Å²) in [4.78, 5) is 11.0. The van der Waals surface area contributed by atoms with Crippen LogP contribution in [-0.2, 0) is 27.7 Å². The van der Waals surface area contributed by atoms with Gasteiger partial charge in [0.2, 0.25) is 10.0 Å². The van der Waals surface area contributed by atoms with Crippen LogP contribution in [0.2, 0.25) is 0 Å². The molecule has 0 saturated carbocycles. The average Bonchev–Trinajstić information content (AvgIpc) is 2.87. The van der Waals surface area contributed by atoms with E-state index in [4.69, 9.17) is 5.11 Å². The molecule has 6 heteroatoms. The highest BCUT2D eigenvalue weighted by molar-refractivity contribution is 7.89. The number of rotatable bonds is 8. The molecule has 1 aromatic carbocycles. The third kappa shape index (κ3) is 4.55. The van der Waals surface area contributed by atoms with Crippen LogP contribution in [0.1, 0.15) is 37.3 Å². The summed E-state index contributed by atoms with van der Waals surface area (Å²) < 4.78 is 26.5. The minimum Gasteiger partial charge on any atom is -0.480 e. The molecule has 1 atom stereocenters. The lowest BCUT2D eigenvalue weighted by atomic mass is 10.0. The summed E-state index contributed by atoms with van der Waals surface area (Å²) in [6, 6.07) is 7.16. The van der Waals surface area contributed by atoms with Crippen molar-refractivity contribution in [2.75, 3.05) is 5.75 Å². The van der Waals surface area contributed by atoms with Crippen LogP contribution in [0, 0.1) is 5.92 Å². The van der Waals surface area contributed by atoms with E-state index in [-0.39, 0.29) is 5.75 Å². The minimum absolute atomic E-state index is 0.0147. The molecule has 22 heavy (non-hydrogen) atoms. The molecule has 0 heterocycles. The molecule has 0 amide bonds. The van der Waals surface area contributed by atoms with E-state index in [0.717, 1.165) is 12.8 Å². The van der Waals surface area contributed by atoms with Gasteiger partial charge in [0, 0.05) is 0 Å². The number of aliphatic carboxylic acids is 1. The largest absolute Gasteiger partial charge is 0.480 e. The van der Waals surface area contributed by atoms with E-state index in [1.807, 2.05) is 19.1 Å². The predicted molar refractivity (Wildman–Crippen MR) is 85.2 cm³/mol. The first-order chi connectivity index (χ1) is 10.4. The Morgan fingerprint density at radius 3 is 2.41 bits per heavy atom. The molecule has 1 aliphatic rings. The number of sulfonamides is 1. The van der Waals surface area contributed by atoms with E-state index < -0.39 is 22.0 Å². The van der Waals surface area contributed by atoms with Crippen molar-refractivity contribution in [2.45, 2.75) is 45.1 Å². The van der Waals surface area contributed by atoms with Crippen LogP contribution in [0.4, 0.5) is 0 Å². The molecule has 1 unspecified atom stereocenters. The van der Waals surface area contributed by atoms with Crippen molar-refractivity contribution in [3.05, 3.63) is 35.4 Å². The molecule has 0 aliphatic heterocycles. The highest BCUT2D eigenvalue weighted by Gasteiger charge is 2.26. The van der Waals surface area contributed by atoms with Gasteiger partial charge in [-0.05, 0) is 42.7 Å². The highest BCUT2D eigenvalue weighted by atomic mass is 32.2. The summed E-state index contributed by atoms with van der Waals surface area (Å²) >= 11 is 0. The normalized spacial score (nSPS) is 16.4. The van der Waals surface area contributed by atoms with Crippen LogP contribution in [0.15, 0.2) is 24.3 Å². The molecule has 0 bridgehead atoms. The topological polar surface area (TPSA) is 83.5 Å². The fraction of sp³-hybridized carbons (Fsp3) is 0.562. The van der Waals surface area contributed by atoms with Gasteiger partial charge < -0.3 is 5.11 Å². The Hall–Kier alpha value is -1.40. The Morgan fingerprint density at radius 2 is 1.91 bits per heavy atom. The number of benzene rings is 1. The maximum Gasteiger partial charge on any atom is 0.321 e. The Bertz CT molecular complexity index is 602. The van der Waals surface area contributed by atoms with Gasteiger partial charge in [0.15, 0.2) is 0 Å². The van der Waals surface area contributed by atoms with Crippen LogP contribution in [-0.4, -0.2) is 31.3 Å². The second-order valence-electron chi connectivity index (χ2n) is 5.95. The molecule has 2 N–H and O–H groups in total. The average molecular weight is 325 g/mol. The minimum atomic E-state index is -3.55. The van der Waals surface area contributed by atoms with Gasteiger partial charge in [-0.25, -0.2) is 13.1 Å². The number of hydrogen-bond acceptors (Lipinski definition) is 3. The van der Waals surface area contributed by atoms with Crippen LogP contribution in [0.3, 0.4) is 0 Å². The van der Waals surface area contributed by atoms with Gasteiger partial charge in [-0.1, -0.05) is 37.6 Å². The molecule has 122 valence electrons. The quantitative estimate of drug-likeness (QED) is 0.765. The number of carboxylic acids is 1. The van der Waals surface area contributed by atoms with Gasteiger partial charge in [-0.15, -0.1) is 0 Å². The van der Waals surface area contributed by atoms with Crippen LogP contribution in [0.25, 0.3) is 0 Å². The van der Waals surface area contributed by atoms with Gasteiger partial charge in [0.1, 0.15) is 6.04 Å². The maximum atomic E-state index is 12.1. The molecule has 0 saturated heterocycles. The molecule has 2 rings (SSSR count). The van der Waals surface area contributed by atoms with Crippen molar-refractivity contribution in [1.29, 1.82) is 0 Å². The van der Waals surface area contributed by atoms with E-state index in [0.29, 0.717) is 25.2 Å². The van der Waals surface area contributed by atoms with Gasteiger partial charge >= 0.3 is 5.97 Å². The Morgan fingerprint density at radius 1 is 1.32 bits per heavy atom. The zero-order valence-corrected chi connectivity index (χ0v) is 13.6. The van der Waals surface area contributed by atoms with Crippen LogP contribution < -0.4 is 4.72 Å². The number of hydrogen-bond donors (Lipinski definition) is 2. The van der Waals surface area contributed by atoms with Gasteiger partial charge in [-0.3, -0.25) is 4.79 Å². The van der Waals surface area contributed by atoms with Crippen molar-refractivity contribution in [3.8, 4) is 0 Å². The van der Waals surface area contributed by atoms with Crippen molar-refractivity contribution in [1.82, 2.24) is 4.72 Å². The van der Waals surface area contributed by atoms with Crippen molar-refractivity contribution >= 4 is 16.0 Å². The monoisotopic (exact) mass is 325 g/mol. The lowest BCUT2D eigenvalue weighted by molar-refractivity contribution is -0.139. The summed E-state index contributed by atoms with van der Waals surface area (Å²) in [7, 11) is -3.55. The molecule has 5 nitrogen and oxygen atoms in total. The number of carbonyl (C=O) groups is 1. The Kier molecular flexibility index (Phi) is 5.58. The molecule has 0 spiro atoms. The van der Waals surface area contributed by atoms with Crippen molar-refractivity contribution < 1.29 is 18.3 Å². The third-order valence-corrected chi connectivity index (χ3v) is 5.54. The summed E-state index contributed by atoms with van der Waals surface area (Å²) in [6.45, 7) is 1.83. The molecule has 0 radical (unpaired) electrons. The van der Waals surface area contributed by atoms with E-state index >= 15 is 0 Å². The van der Waals surface area contributed by atoms with Crippen LogP contribution in [0.5, 0.6) is 0 Å². The maximum absolute atomic E-state index is 12.1. The lowest BCUT2D eigenvalue weighted by Crippen LogP contribution is -2.41. The summed E-state index contributed by atoms with van der Waals surface area (Å²) in [5.41, 5.74) is 2.60. The van der Waals surface area contributed by atoms with E-state index in [1.54, 1.807) is 0 Å². The fourth-order valence-corrected chi connectivity index (χ4v) is 4.39. The zero-order valence-electron chi connectivity index (χ0n) is 12.8. The fourth-order valence-electron chi connectivity index (χ4n) is 2.97.